The van der Waals surface area contributed by atoms with Gasteiger partial charge in [-0.2, -0.15) is 0 Å². The van der Waals surface area contributed by atoms with Crippen molar-refractivity contribution in [3.63, 3.8) is 0 Å². The predicted molar refractivity (Wildman–Crippen MR) is 157 cm³/mol. The molecule has 1 heterocycles. The average Bonchev–Trinajstić information content (AvgIpc) is 3.33. The summed E-state index contributed by atoms with van der Waals surface area (Å²) in [7, 11) is 0. The van der Waals surface area contributed by atoms with Crippen LogP contribution < -0.4 is 0 Å². The Morgan fingerprint density at radius 2 is 1.29 bits per heavy atom. The lowest BCUT2D eigenvalue weighted by Crippen LogP contribution is -2.25. The molecule has 38 heavy (non-hydrogen) atoms. The molecule has 0 fully saturated rings. The molecular formula is C31H50N2O4S. The lowest BCUT2D eigenvalue weighted by Gasteiger charge is -2.14. The molecule has 0 saturated heterocycles. The van der Waals surface area contributed by atoms with E-state index < -0.39 is 5.25 Å². The smallest absolute Gasteiger partial charge is 0.320 e. The molecule has 6 nitrogen and oxygen atoms in total. The number of carbonyl (C=O) groups excluding carboxylic acids is 2. The Labute approximate surface area is 234 Å². The van der Waals surface area contributed by atoms with Gasteiger partial charge in [-0.25, -0.2) is 4.98 Å². The summed E-state index contributed by atoms with van der Waals surface area (Å²) in [6.07, 6.45) is 19.0. The third-order valence-electron chi connectivity index (χ3n) is 6.74. The van der Waals surface area contributed by atoms with Crippen molar-refractivity contribution in [1.82, 2.24) is 9.97 Å². The third-order valence-corrected chi connectivity index (χ3v) is 7.80. The zero-order valence-electron chi connectivity index (χ0n) is 23.8. The largest absolute Gasteiger partial charge is 0.466 e. The monoisotopic (exact) mass is 546 g/mol. The third kappa shape index (κ3) is 14.2. The number of hydrogen-bond donors (Lipinski definition) is 1. The van der Waals surface area contributed by atoms with E-state index in [1.54, 1.807) is 0 Å². The van der Waals surface area contributed by atoms with E-state index in [9.17, 15) is 9.59 Å². The Morgan fingerprint density at radius 3 is 1.87 bits per heavy atom. The van der Waals surface area contributed by atoms with E-state index in [0.29, 0.717) is 18.4 Å². The highest BCUT2D eigenvalue weighted by molar-refractivity contribution is 8.00. The molecular weight excluding hydrogens is 496 g/mol. The highest BCUT2D eigenvalue weighted by Crippen LogP contribution is 2.27. The van der Waals surface area contributed by atoms with Gasteiger partial charge in [0, 0.05) is 0 Å². The number of esters is 2. The highest BCUT2D eigenvalue weighted by atomic mass is 32.2. The van der Waals surface area contributed by atoms with Gasteiger partial charge in [0.05, 0.1) is 30.7 Å². The van der Waals surface area contributed by atoms with Crippen molar-refractivity contribution in [3.05, 3.63) is 24.3 Å². The number of benzene rings is 1. The summed E-state index contributed by atoms with van der Waals surface area (Å²) in [5, 5.41) is -0.0771. The maximum absolute atomic E-state index is 12.9. The van der Waals surface area contributed by atoms with Gasteiger partial charge in [0.15, 0.2) is 5.16 Å². The molecule has 1 unspecified atom stereocenters. The Bertz CT molecular complexity index is 868. The second kappa shape index (κ2) is 20.9. The predicted octanol–water partition coefficient (Wildman–Crippen LogP) is 8.78. The van der Waals surface area contributed by atoms with Gasteiger partial charge in [0.2, 0.25) is 0 Å². The van der Waals surface area contributed by atoms with Crippen LogP contribution in [-0.2, 0) is 19.1 Å². The molecule has 0 saturated carbocycles. The normalized spacial score (nSPS) is 12.1. The number of thioether (sulfide) groups is 1. The summed E-state index contributed by atoms with van der Waals surface area (Å²) in [6, 6.07) is 7.73. The first kappa shape index (κ1) is 32.2. The number of hydrogen-bond acceptors (Lipinski definition) is 6. The van der Waals surface area contributed by atoms with Crippen molar-refractivity contribution >= 4 is 34.7 Å². The molecule has 2 aromatic rings. The number of H-pyrrole nitrogens is 1. The fraction of sp³-hybridized carbons (Fsp3) is 0.710. The first-order valence-corrected chi connectivity index (χ1v) is 16.0. The number of aromatic nitrogens is 2. The quantitative estimate of drug-likeness (QED) is 0.0852. The molecule has 0 aliphatic heterocycles. The number of unbranched alkanes of at least 4 members (excludes halogenated alkanes) is 14. The number of para-hydroxylation sites is 2. The molecule has 7 heteroatoms. The van der Waals surface area contributed by atoms with Crippen LogP contribution in [0.1, 0.15) is 123 Å². The average molecular weight is 547 g/mol. The van der Waals surface area contributed by atoms with E-state index in [1.807, 2.05) is 24.3 Å². The minimum Gasteiger partial charge on any atom is -0.466 e. The van der Waals surface area contributed by atoms with Gasteiger partial charge in [-0.05, 0) is 25.0 Å². The Hall–Kier alpha value is -2.02. The van der Waals surface area contributed by atoms with Gasteiger partial charge in [0.25, 0.3) is 0 Å². The van der Waals surface area contributed by atoms with Gasteiger partial charge in [-0.3, -0.25) is 9.59 Å². The first-order valence-electron chi connectivity index (χ1n) is 15.1. The van der Waals surface area contributed by atoms with Crippen LogP contribution in [0.25, 0.3) is 11.0 Å². The fourth-order valence-corrected chi connectivity index (χ4v) is 5.40. The number of imidazole rings is 1. The number of fused-ring (bicyclic) bond motifs is 1. The molecule has 1 aromatic heterocycles. The molecule has 0 bridgehead atoms. The standard InChI is InChI=1S/C31H50N2O4S/c1-3-5-7-9-11-13-15-19-23-36-29(34)25-28(38-31-32-26-21-17-18-22-27(26)33-31)30(35)37-24-20-16-14-12-10-8-6-4-2/h17-18,21-22,28H,3-16,19-20,23-25H2,1-2H3,(H,32,33). The zero-order valence-corrected chi connectivity index (χ0v) is 24.6. The van der Waals surface area contributed by atoms with Crippen molar-refractivity contribution in [3.8, 4) is 0 Å². The molecule has 0 spiro atoms. The molecule has 0 radical (unpaired) electrons. The van der Waals surface area contributed by atoms with Crippen LogP contribution in [0, 0.1) is 0 Å². The molecule has 2 rings (SSSR count). The summed E-state index contributed by atoms with van der Waals surface area (Å²) in [4.78, 5) is 33.3. The fourth-order valence-electron chi connectivity index (χ4n) is 4.43. The summed E-state index contributed by atoms with van der Waals surface area (Å²) < 4.78 is 11.1. The van der Waals surface area contributed by atoms with Crippen LogP contribution in [0.3, 0.4) is 0 Å². The highest BCUT2D eigenvalue weighted by Gasteiger charge is 2.27. The van der Waals surface area contributed by atoms with Gasteiger partial charge < -0.3 is 14.5 Å². The number of nitrogens with one attached hydrogen (secondary N) is 1. The molecule has 0 amide bonds. The van der Waals surface area contributed by atoms with E-state index in [-0.39, 0.29) is 18.4 Å². The lowest BCUT2D eigenvalue weighted by atomic mass is 10.1. The second-order valence-electron chi connectivity index (χ2n) is 10.2. The SMILES string of the molecule is CCCCCCCCCCOC(=O)CC(Sc1nc2ccccc2[nH]1)C(=O)OCCCCCCCCCC. The number of ether oxygens (including phenoxy) is 2. The van der Waals surface area contributed by atoms with Crippen molar-refractivity contribution in [2.45, 2.75) is 133 Å². The van der Waals surface area contributed by atoms with Crippen molar-refractivity contribution in [2.24, 2.45) is 0 Å². The second-order valence-corrected chi connectivity index (χ2v) is 11.4. The van der Waals surface area contributed by atoms with E-state index in [4.69, 9.17) is 9.47 Å². The van der Waals surface area contributed by atoms with Gasteiger partial charge in [-0.1, -0.05) is 128 Å². The minimum atomic E-state index is -0.685. The van der Waals surface area contributed by atoms with Crippen LogP contribution in [0.15, 0.2) is 29.4 Å². The number of rotatable bonds is 23. The topological polar surface area (TPSA) is 81.3 Å². The molecule has 0 aliphatic rings. The van der Waals surface area contributed by atoms with Crippen LogP contribution in [0.5, 0.6) is 0 Å². The summed E-state index contributed by atoms with van der Waals surface area (Å²) in [5.41, 5.74) is 1.73. The summed E-state index contributed by atoms with van der Waals surface area (Å²) in [6.45, 7) is 5.25. The first-order chi connectivity index (χ1) is 18.6. The molecule has 1 atom stereocenters. The van der Waals surface area contributed by atoms with Crippen LogP contribution >= 0.6 is 11.8 Å². The molecule has 214 valence electrons. The molecule has 1 aromatic carbocycles. The lowest BCUT2D eigenvalue weighted by molar-refractivity contribution is -0.149. The summed E-state index contributed by atoms with van der Waals surface area (Å²) in [5.74, 6) is -0.729. The van der Waals surface area contributed by atoms with Crippen LogP contribution in [-0.4, -0.2) is 40.4 Å². The van der Waals surface area contributed by atoms with Crippen molar-refractivity contribution < 1.29 is 19.1 Å². The maximum Gasteiger partial charge on any atom is 0.320 e. The number of aromatic amines is 1. The zero-order chi connectivity index (χ0) is 27.3. The number of carbonyl (C=O) groups is 2. The van der Waals surface area contributed by atoms with Gasteiger partial charge >= 0.3 is 11.9 Å². The van der Waals surface area contributed by atoms with E-state index >= 15 is 0 Å². The Morgan fingerprint density at radius 1 is 0.763 bits per heavy atom. The van der Waals surface area contributed by atoms with Crippen LogP contribution in [0.2, 0.25) is 0 Å². The Balaban J connectivity index is 1.75. The van der Waals surface area contributed by atoms with E-state index in [1.165, 1.54) is 88.8 Å². The van der Waals surface area contributed by atoms with Crippen molar-refractivity contribution in [2.75, 3.05) is 13.2 Å². The summed E-state index contributed by atoms with van der Waals surface area (Å²) >= 11 is 1.25. The maximum atomic E-state index is 12.9. The van der Waals surface area contributed by atoms with Gasteiger partial charge in [-0.15, -0.1) is 0 Å². The molecule has 1 N–H and O–H groups in total. The Kier molecular flexibility index (Phi) is 17.7. The van der Waals surface area contributed by atoms with Crippen molar-refractivity contribution in [1.29, 1.82) is 0 Å². The van der Waals surface area contributed by atoms with Gasteiger partial charge in [0.1, 0.15) is 5.25 Å². The molecule has 0 aliphatic carbocycles. The minimum absolute atomic E-state index is 0.0189. The van der Waals surface area contributed by atoms with E-state index in [0.717, 1.165) is 36.7 Å². The number of nitrogens with zero attached hydrogens (tertiary/aromatic N) is 1. The van der Waals surface area contributed by atoms with Crippen LogP contribution in [0.4, 0.5) is 0 Å². The van der Waals surface area contributed by atoms with E-state index in [2.05, 4.69) is 23.8 Å².